The number of nitro groups is 1. The number of benzene rings is 1. The molecule has 1 aromatic rings. The minimum absolute atomic E-state index is 0.123. The van der Waals surface area contributed by atoms with Gasteiger partial charge in [-0.1, -0.05) is 6.42 Å². The molecule has 0 saturated heterocycles. The van der Waals surface area contributed by atoms with E-state index in [1.54, 1.807) is 11.8 Å². The summed E-state index contributed by atoms with van der Waals surface area (Å²) in [6.45, 7) is 0.501. The molecule has 21 heavy (non-hydrogen) atoms. The van der Waals surface area contributed by atoms with E-state index in [2.05, 4.69) is 5.32 Å². The van der Waals surface area contributed by atoms with E-state index in [4.69, 9.17) is 0 Å². The van der Waals surface area contributed by atoms with Crippen LogP contribution >= 0.6 is 11.8 Å². The smallest absolute Gasteiger partial charge is 0.379 e. The Morgan fingerprint density at radius 2 is 2.00 bits per heavy atom. The van der Waals surface area contributed by atoms with Crippen molar-refractivity contribution in [3.8, 4) is 0 Å². The third kappa shape index (κ3) is 5.82. The van der Waals surface area contributed by atoms with Crippen molar-refractivity contribution in [2.45, 2.75) is 25.4 Å². The molecule has 0 bridgehead atoms. The van der Waals surface area contributed by atoms with Crippen molar-refractivity contribution in [3.63, 3.8) is 0 Å². The fourth-order valence-electron chi connectivity index (χ4n) is 1.78. The van der Waals surface area contributed by atoms with Gasteiger partial charge in [0.1, 0.15) is 5.69 Å². The monoisotopic (exact) mass is 322 g/mol. The summed E-state index contributed by atoms with van der Waals surface area (Å²) in [5.74, 6) is 1.06. The first-order valence-electron chi connectivity index (χ1n) is 6.44. The number of halogens is 3. The molecule has 0 fully saturated rings. The van der Waals surface area contributed by atoms with Gasteiger partial charge in [0.2, 0.25) is 0 Å². The van der Waals surface area contributed by atoms with E-state index in [0.717, 1.165) is 37.1 Å². The summed E-state index contributed by atoms with van der Waals surface area (Å²) in [5, 5.41) is 13.7. The van der Waals surface area contributed by atoms with Crippen LogP contribution in [0.15, 0.2) is 18.2 Å². The van der Waals surface area contributed by atoms with E-state index in [-0.39, 0.29) is 5.69 Å². The summed E-state index contributed by atoms with van der Waals surface area (Å²) in [7, 11) is 0. The second-order valence-corrected chi connectivity index (χ2v) is 5.45. The Morgan fingerprint density at radius 1 is 1.29 bits per heavy atom. The molecule has 0 aliphatic rings. The molecule has 0 amide bonds. The number of unbranched alkanes of at least 4 members (excludes halogenated alkanes) is 2. The Morgan fingerprint density at radius 3 is 2.57 bits per heavy atom. The van der Waals surface area contributed by atoms with Crippen LogP contribution in [0.2, 0.25) is 0 Å². The van der Waals surface area contributed by atoms with Crippen molar-refractivity contribution in [1.29, 1.82) is 0 Å². The van der Waals surface area contributed by atoms with Crippen LogP contribution in [0.1, 0.15) is 24.8 Å². The molecule has 0 heterocycles. The molecule has 0 spiro atoms. The van der Waals surface area contributed by atoms with Gasteiger partial charge in [-0.05, 0) is 37.0 Å². The third-order valence-corrected chi connectivity index (χ3v) is 3.56. The van der Waals surface area contributed by atoms with Crippen LogP contribution in [-0.4, -0.2) is 23.5 Å². The fraction of sp³-hybridized carbons (Fsp3) is 0.538. The van der Waals surface area contributed by atoms with E-state index in [9.17, 15) is 23.3 Å². The van der Waals surface area contributed by atoms with E-state index >= 15 is 0 Å². The average molecular weight is 322 g/mol. The van der Waals surface area contributed by atoms with E-state index < -0.39 is 22.4 Å². The third-order valence-electron chi connectivity index (χ3n) is 2.86. The highest BCUT2D eigenvalue weighted by atomic mass is 32.2. The fourth-order valence-corrected chi connectivity index (χ4v) is 2.27. The topological polar surface area (TPSA) is 55.2 Å². The van der Waals surface area contributed by atoms with Gasteiger partial charge in [-0.3, -0.25) is 10.1 Å². The van der Waals surface area contributed by atoms with Gasteiger partial charge in [0, 0.05) is 12.6 Å². The van der Waals surface area contributed by atoms with Crippen LogP contribution in [-0.2, 0) is 6.18 Å². The number of nitro benzene ring substituents is 1. The molecule has 0 unspecified atom stereocenters. The van der Waals surface area contributed by atoms with E-state index in [1.807, 2.05) is 6.26 Å². The first kappa shape index (κ1) is 17.6. The van der Waals surface area contributed by atoms with Gasteiger partial charge < -0.3 is 5.32 Å². The van der Waals surface area contributed by atoms with E-state index in [1.165, 1.54) is 0 Å². The zero-order chi connectivity index (χ0) is 15.9. The maximum Gasteiger partial charge on any atom is 0.416 e. The standard InChI is InChI=1S/C13H17F3N2O2S/c1-21-8-4-2-3-7-17-11-6-5-10(13(14,15)16)9-12(11)18(19)20/h5-6,9,17H,2-4,7-8H2,1H3. The van der Waals surface area contributed by atoms with Crippen LogP contribution in [0.3, 0.4) is 0 Å². The molecule has 8 heteroatoms. The number of nitrogens with zero attached hydrogens (tertiary/aromatic N) is 1. The summed E-state index contributed by atoms with van der Waals surface area (Å²) in [6, 6.07) is 2.53. The van der Waals surface area contributed by atoms with Crippen molar-refractivity contribution < 1.29 is 18.1 Å². The van der Waals surface area contributed by atoms with Crippen LogP contribution < -0.4 is 5.32 Å². The Labute approximate surface area is 125 Å². The van der Waals surface area contributed by atoms with Crippen molar-refractivity contribution >= 4 is 23.1 Å². The van der Waals surface area contributed by atoms with Crippen molar-refractivity contribution in [2.24, 2.45) is 0 Å². The van der Waals surface area contributed by atoms with Crippen molar-refractivity contribution in [1.82, 2.24) is 0 Å². The summed E-state index contributed by atoms with van der Waals surface area (Å²) in [6.07, 6.45) is 0.282. The quantitative estimate of drug-likeness (QED) is 0.433. The normalized spacial score (nSPS) is 11.4. The van der Waals surface area contributed by atoms with Gasteiger partial charge in [-0.15, -0.1) is 0 Å². The Kier molecular flexibility index (Phi) is 6.80. The molecule has 0 aliphatic heterocycles. The number of hydrogen-bond acceptors (Lipinski definition) is 4. The molecular formula is C13H17F3N2O2S. The first-order valence-corrected chi connectivity index (χ1v) is 7.84. The zero-order valence-electron chi connectivity index (χ0n) is 11.6. The number of nitrogens with one attached hydrogen (secondary N) is 1. The summed E-state index contributed by atoms with van der Waals surface area (Å²) in [5.41, 5.74) is -1.44. The van der Waals surface area contributed by atoms with Gasteiger partial charge in [0.15, 0.2) is 0 Å². The SMILES string of the molecule is CSCCCCCNc1ccc(C(F)(F)F)cc1[N+](=O)[O-]. The molecule has 1 aromatic carbocycles. The molecule has 1 rings (SSSR count). The highest BCUT2D eigenvalue weighted by Gasteiger charge is 2.32. The number of alkyl halides is 3. The molecule has 1 N–H and O–H groups in total. The minimum Gasteiger partial charge on any atom is -0.379 e. The number of hydrogen-bond donors (Lipinski definition) is 1. The largest absolute Gasteiger partial charge is 0.416 e. The number of anilines is 1. The van der Waals surface area contributed by atoms with Gasteiger partial charge in [-0.2, -0.15) is 24.9 Å². The van der Waals surface area contributed by atoms with Crippen LogP contribution in [0, 0.1) is 10.1 Å². The maximum atomic E-state index is 12.5. The lowest BCUT2D eigenvalue weighted by molar-refractivity contribution is -0.384. The van der Waals surface area contributed by atoms with Gasteiger partial charge >= 0.3 is 6.18 Å². The van der Waals surface area contributed by atoms with Crippen LogP contribution in [0.5, 0.6) is 0 Å². The Hall–Kier alpha value is -1.44. The molecular weight excluding hydrogens is 305 g/mol. The Balaban J connectivity index is 2.67. The molecule has 0 saturated carbocycles. The number of rotatable bonds is 8. The van der Waals surface area contributed by atoms with Gasteiger partial charge in [0.05, 0.1) is 10.5 Å². The maximum absolute atomic E-state index is 12.5. The summed E-state index contributed by atoms with van der Waals surface area (Å²) >= 11 is 1.75. The van der Waals surface area contributed by atoms with Crippen molar-refractivity contribution in [3.05, 3.63) is 33.9 Å². The second-order valence-electron chi connectivity index (χ2n) is 4.47. The number of thioether (sulfide) groups is 1. The highest BCUT2D eigenvalue weighted by molar-refractivity contribution is 7.98. The lowest BCUT2D eigenvalue weighted by Gasteiger charge is -2.10. The lowest BCUT2D eigenvalue weighted by Crippen LogP contribution is -2.08. The first-order chi connectivity index (χ1) is 9.86. The van der Waals surface area contributed by atoms with Gasteiger partial charge in [-0.25, -0.2) is 0 Å². The van der Waals surface area contributed by atoms with E-state index in [0.29, 0.717) is 12.6 Å². The predicted molar refractivity (Wildman–Crippen MR) is 78.8 cm³/mol. The molecule has 0 radical (unpaired) electrons. The predicted octanol–water partition coefficient (Wildman–Crippen LogP) is 4.56. The second kappa shape index (κ2) is 8.11. The molecule has 4 nitrogen and oxygen atoms in total. The highest BCUT2D eigenvalue weighted by Crippen LogP contribution is 2.34. The molecule has 0 atom stereocenters. The zero-order valence-corrected chi connectivity index (χ0v) is 12.4. The van der Waals surface area contributed by atoms with Crippen LogP contribution in [0.4, 0.5) is 24.5 Å². The van der Waals surface area contributed by atoms with Gasteiger partial charge in [0.25, 0.3) is 5.69 Å². The molecule has 118 valence electrons. The van der Waals surface area contributed by atoms with Crippen molar-refractivity contribution in [2.75, 3.05) is 23.9 Å². The summed E-state index contributed by atoms with van der Waals surface area (Å²) in [4.78, 5) is 10.1. The Bertz CT molecular complexity index is 481. The summed E-state index contributed by atoms with van der Waals surface area (Å²) < 4.78 is 37.6. The van der Waals surface area contributed by atoms with Crippen LogP contribution in [0.25, 0.3) is 0 Å². The molecule has 0 aromatic heterocycles. The minimum atomic E-state index is -4.58. The average Bonchev–Trinajstić information content (AvgIpc) is 2.41. The lowest BCUT2D eigenvalue weighted by atomic mass is 10.1. The molecule has 0 aliphatic carbocycles.